The number of carboxylic acids is 2. The Balaban J connectivity index is 2.74. The van der Waals surface area contributed by atoms with Gasteiger partial charge in [-0.25, -0.2) is 4.79 Å². The van der Waals surface area contributed by atoms with E-state index in [9.17, 15) is 24.0 Å². The van der Waals surface area contributed by atoms with Crippen LogP contribution in [0.15, 0.2) is 0 Å². The van der Waals surface area contributed by atoms with E-state index in [0.29, 0.717) is 9.80 Å². The maximum absolute atomic E-state index is 11.8. The lowest BCUT2D eigenvalue weighted by Crippen LogP contribution is -2.55. The minimum Gasteiger partial charge on any atom is -0.481 e. The Morgan fingerprint density at radius 2 is 1.26 bits per heavy atom. The van der Waals surface area contributed by atoms with Crippen LogP contribution in [0.4, 0.5) is 4.79 Å². The van der Waals surface area contributed by atoms with Crippen molar-refractivity contribution in [3.8, 4) is 0 Å². The molecule has 1 rings (SSSR count). The molecule has 0 saturated carbocycles. The lowest BCUT2D eigenvalue weighted by atomic mass is 10.2. The molecule has 19 heavy (non-hydrogen) atoms. The molecule has 0 aromatic carbocycles. The molecule has 2 N–H and O–H groups in total. The summed E-state index contributed by atoms with van der Waals surface area (Å²) >= 11 is 0. The quantitative estimate of drug-likeness (QED) is 0.599. The smallest absolute Gasteiger partial charge is 0.333 e. The van der Waals surface area contributed by atoms with Crippen LogP contribution in [0.5, 0.6) is 0 Å². The molecule has 1 aliphatic heterocycles. The molecule has 1 heterocycles. The third kappa shape index (κ3) is 3.76. The molecule has 104 valence electrons. The van der Waals surface area contributed by atoms with Crippen LogP contribution in [0.2, 0.25) is 0 Å². The molecule has 0 spiro atoms. The number of aliphatic carboxylic acids is 2. The van der Waals surface area contributed by atoms with E-state index in [1.807, 2.05) is 0 Å². The summed E-state index contributed by atoms with van der Waals surface area (Å²) in [4.78, 5) is 56.8. The first-order chi connectivity index (χ1) is 8.82. The molecule has 9 nitrogen and oxygen atoms in total. The lowest BCUT2D eigenvalue weighted by Gasteiger charge is -2.32. The molecule has 0 aromatic heterocycles. The highest BCUT2D eigenvalue weighted by Crippen LogP contribution is 2.13. The maximum Gasteiger partial charge on any atom is 0.333 e. The standard InChI is InChI=1S/C10H12N2O7/c13-6-5-7(14)12(4-2-9(17)18)10(19)11(6)3-1-8(15)16/h1-5H2,(H,15,16)(H,17,18). The SMILES string of the molecule is O=C(O)CCN1C(=O)CC(=O)N(CCC(=O)O)C1=O. The Bertz CT molecular complexity index is 407. The number of urea groups is 1. The van der Waals surface area contributed by atoms with Gasteiger partial charge in [0.25, 0.3) is 0 Å². The van der Waals surface area contributed by atoms with E-state index in [1.165, 1.54) is 0 Å². The summed E-state index contributed by atoms with van der Waals surface area (Å²) in [6.45, 7) is -0.687. The third-order valence-corrected chi connectivity index (χ3v) is 2.46. The predicted octanol–water partition coefficient (Wildman–Crippen LogP) is -0.883. The van der Waals surface area contributed by atoms with Gasteiger partial charge in [0.1, 0.15) is 6.42 Å². The summed E-state index contributed by atoms with van der Waals surface area (Å²) in [5.74, 6) is -3.92. The Labute approximate surface area is 107 Å². The highest BCUT2D eigenvalue weighted by atomic mass is 16.4. The molecule has 1 saturated heterocycles. The number of barbiturate groups is 1. The van der Waals surface area contributed by atoms with Crippen molar-refractivity contribution in [3.63, 3.8) is 0 Å². The minimum atomic E-state index is -1.19. The summed E-state index contributed by atoms with van der Waals surface area (Å²) in [7, 11) is 0. The van der Waals surface area contributed by atoms with Crippen molar-refractivity contribution in [2.45, 2.75) is 19.3 Å². The van der Waals surface area contributed by atoms with Crippen molar-refractivity contribution in [1.82, 2.24) is 9.80 Å². The molecule has 4 amide bonds. The van der Waals surface area contributed by atoms with Crippen molar-refractivity contribution in [2.75, 3.05) is 13.1 Å². The van der Waals surface area contributed by atoms with E-state index in [4.69, 9.17) is 10.2 Å². The van der Waals surface area contributed by atoms with E-state index in [2.05, 4.69) is 0 Å². The topological polar surface area (TPSA) is 132 Å². The minimum absolute atomic E-state index is 0.343. The molecular weight excluding hydrogens is 260 g/mol. The number of carboxylic acid groups (broad SMARTS) is 2. The van der Waals surface area contributed by atoms with Crippen LogP contribution in [0.3, 0.4) is 0 Å². The number of amides is 4. The number of rotatable bonds is 6. The van der Waals surface area contributed by atoms with Crippen LogP contribution in [0.1, 0.15) is 19.3 Å². The third-order valence-electron chi connectivity index (χ3n) is 2.46. The first-order valence-corrected chi connectivity index (χ1v) is 5.41. The van der Waals surface area contributed by atoms with Gasteiger partial charge in [0.05, 0.1) is 12.8 Å². The number of hydrogen-bond donors (Lipinski definition) is 2. The van der Waals surface area contributed by atoms with E-state index in [0.717, 1.165) is 0 Å². The van der Waals surface area contributed by atoms with Gasteiger partial charge in [0.15, 0.2) is 0 Å². The Hall–Kier alpha value is -2.45. The number of hydrogen-bond acceptors (Lipinski definition) is 5. The second-order valence-corrected chi connectivity index (χ2v) is 3.84. The van der Waals surface area contributed by atoms with Gasteiger partial charge in [-0.1, -0.05) is 0 Å². The van der Waals surface area contributed by atoms with Crippen LogP contribution in [-0.4, -0.2) is 62.9 Å². The van der Waals surface area contributed by atoms with Gasteiger partial charge in [0, 0.05) is 13.1 Å². The second-order valence-electron chi connectivity index (χ2n) is 3.84. The molecule has 0 aliphatic carbocycles. The Kier molecular flexibility index (Phi) is 4.56. The van der Waals surface area contributed by atoms with E-state index < -0.39 is 49.0 Å². The highest BCUT2D eigenvalue weighted by Gasteiger charge is 2.37. The Morgan fingerprint density at radius 1 is 0.895 bits per heavy atom. The summed E-state index contributed by atoms with van der Waals surface area (Å²) < 4.78 is 0. The van der Waals surface area contributed by atoms with Crippen LogP contribution >= 0.6 is 0 Å². The van der Waals surface area contributed by atoms with Gasteiger partial charge in [-0.2, -0.15) is 0 Å². The molecule has 0 bridgehead atoms. The zero-order valence-corrected chi connectivity index (χ0v) is 9.87. The first-order valence-electron chi connectivity index (χ1n) is 5.41. The highest BCUT2D eigenvalue weighted by molar-refractivity contribution is 6.14. The average Bonchev–Trinajstić information content (AvgIpc) is 2.27. The van der Waals surface area contributed by atoms with Crippen LogP contribution in [0, 0.1) is 0 Å². The second kappa shape index (κ2) is 5.94. The Morgan fingerprint density at radius 3 is 1.58 bits per heavy atom. The summed E-state index contributed by atoms with van der Waals surface area (Å²) in [5, 5.41) is 17.0. The normalized spacial score (nSPS) is 15.9. The molecule has 1 aliphatic rings. The molecule has 0 radical (unpaired) electrons. The number of carbonyl (C=O) groups excluding carboxylic acids is 3. The van der Waals surface area contributed by atoms with Crippen molar-refractivity contribution < 1.29 is 34.2 Å². The largest absolute Gasteiger partial charge is 0.481 e. The summed E-state index contributed by atoms with van der Waals surface area (Å²) in [6, 6.07) is -0.969. The molecule has 0 aromatic rings. The fourth-order valence-corrected chi connectivity index (χ4v) is 1.53. The zero-order chi connectivity index (χ0) is 14.6. The van der Waals surface area contributed by atoms with Crippen LogP contribution in [-0.2, 0) is 19.2 Å². The fourth-order valence-electron chi connectivity index (χ4n) is 1.53. The average molecular weight is 272 g/mol. The lowest BCUT2D eigenvalue weighted by molar-refractivity contribution is -0.143. The zero-order valence-electron chi connectivity index (χ0n) is 9.87. The monoisotopic (exact) mass is 272 g/mol. The van der Waals surface area contributed by atoms with Crippen molar-refractivity contribution >= 4 is 29.8 Å². The van der Waals surface area contributed by atoms with Crippen LogP contribution < -0.4 is 0 Å². The van der Waals surface area contributed by atoms with E-state index >= 15 is 0 Å². The van der Waals surface area contributed by atoms with Crippen LogP contribution in [0.25, 0.3) is 0 Å². The summed E-state index contributed by atoms with van der Waals surface area (Å²) in [6.07, 6.45) is -1.43. The van der Waals surface area contributed by atoms with Crippen molar-refractivity contribution in [3.05, 3.63) is 0 Å². The number of carbonyl (C=O) groups is 5. The molecule has 1 fully saturated rings. The van der Waals surface area contributed by atoms with E-state index in [1.54, 1.807) is 0 Å². The maximum atomic E-state index is 11.8. The van der Waals surface area contributed by atoms with Gasteiger partial charge >= 0.3 is 18.0 Å². The van der Waals surface area contributed by atoms with Crippen molar-refractivity contribution in [2.24, 2.45) is 0 Å². The molecule has 9 heteroatoms. The number of nitrogens with zero attached hydrogens (tertiary/aromatic N) is 2. The predicted molar refractivity (Wildman–Crippen MR) is 57.9 cm³/mol. The van der Waals surface area contributed by atoms with E-state index in [-0.39, 0.29) is 13.1 Å². The van der Waals surface area contributed by atoms with Crippen molar-refractivity contribution in [1.29, 1.82) is 0 Å². The molecular formula is C10H12N2O7. The molecule has 0 unspecified atom stereocenters. The first kappa shape index (κ1) is 14.6. The fraction of sp³-hybridized carbons (Fsp3) is 0.500. The van der Waals surface area contributed by atoms with Gasteiger partial charge in [-0.3, -0.25) is 29.0 Å². The van der Waals surface area contributed by atoms with Gasteiger partial charge in [-0.05, 0) is 0 Å². The van der Waals surface area contributed by atoms with Gasteiger partial charge in [0.2, 0.25) is 11.8 Å². The molecule has 0 atom stereocenters. The summed E-state index contributed by atoms with van der Waals surface area (Å²) in [5.41, 5.74) is 0. The number of imide groups is 2. The van der Waals surface area contributed by atoms with Gasteiger partial charge in [-0.15, -0.1) is 0 Å². The van der Waals surface area contributed by atoms with Gasteiger partial charge < -0.3 is 10.2 Å².